The summed E-state index contributed by atoms with van der Waals surface area (Å²) >= 11 is 0. The van der Waals surface area contributed by atoms with Crippen molar-refractivity contribution in [2.45, 2.75) is 20.4 Å². The fraction of sp³-hybridized carbons (Fsp3) is 0.600. The van der Waals surface area contributed by atoms with Crippen molar-refractivity contribution in [1.82, 2.24) is 15.3 Å². The number of carbonyl (C=O) groups is 1. The molecule has 1 aromatic rings. The van der Waals surface area contributed by atoms with Crippen molar-refractivity contribution in [3.05, 3.63) is 18.2 Å². The number of nitrogens with zero attached hydrogens (tertiary/aromatic N) is 1. The SMILES string of the molecule is CC(C)C(CN)C(=O)NCc1cnc[nH]1. The molecule has 0 aliphatic rings. The molecule has 0 fully saturated rings. The first kappa shape index (κ1) is 11.7. The highest BCUT2D eigenvalue weighted by molar-refractivity contribution is 5.79. The molecule has 5 heteroatoms. The van der Waals surface area contributed by atoms with Gasteiger partial charge in [-0.15, -0.1) is 0 Å². The molecule has 0 aliphatic heterocycles. The van der Waals surface area contributed by atoms with Crippen molar-refractivity contribution >= 4 is 5.91 Å². The lowest BCUT2D eigenvalue weighted by Crippen LogP contribution is -2.37. The summed E-state index contributed by atoms with van der Waals surface area (Å²) in [6, 6.07) is 0. The standard InChI is InChI=1S/C10H18N4O/c1-7(2)9(3-11)10(15)13-5-8-4-12-6-14-8/h4,6-7,9H,3,5,11H2,1-2H3,(H,12,14)(H,13,15). The lowest BCUT2D eigenvalue weighted by atomic mass is 9.95. The van der Waals surface area contributed by atoms with Gasteiger partial charge in [-0.3, -0.25) is 4.79 Å². The van der Waals surface area contributed by atoms with Crippen LogP contribution in [0.3, 0.4) is 0 Å². The fourth-order valence-corrected chi connectivity index (χ4v) is 1.38. The minimum atomic E-state index is -0.118. The van der Waals surface area contributed by atoms with Crippen molar-refractivity contribution in [2.24, 2.45) is 17.6 Å². The average Bonchev–Trinajstić information content (AvgIpc) is 2.67. The Morgan fingerprint density at radius 3 is 2.87 bits per heavy atom. The topological polar surface area (TPSA) is 83.8 Å². The Balaban J connectivity index is 2.41. The molecule has 1 heterocycles. The molecular weight excluding hydrogens is 192 g/mol. The number of imidazole rings is 1. The maximum absolute atomic E-state index is 11.7. The molecule has 1 amide bonds. The highest BCUT2D eigenvalue weighted by atomic mass is 16.1. The molecule has 1 aromatic heterocycles. The van der Waals surface area contributed by atoms with Crippen LogP contribution in [0.4, 0.5) is 0 Å². The molecule has 1 atom stereocenters. The Labute approximate surface area is 89.5 Å². The van der Waals surface area contributed by atoms with Crippen LogP contribution in [0.1, 0.15) is 19.5 Å². The number of hydrogen-bond donors (Lipinski definition) is 3. The van der Waals surface area contributed by atoms with Crippen LogP contribution in [0.2, 0.25) is 0 Å². The van der Waals surface area contributed by atoms with Gasteiger partial charge in [0.05, 0.1) is 24.5 Å². The molecular formula is C10H18N4O. The Kier molecular flexibility index (Phi) is 4.30. The third-order valence-electron chi connectivity index (χ3n) is 2.40. The van der Waals surface area contributed by atoms with E-state index in [-0.39, 0.29) is 17.7 Å². The average molecular weight is 210 g/mol. The van der Waals surface area contributed by atoms with Gasteiger partial charge in [0.25, 0.3) is 0 Å². The van der Waals surface area contributed by atoms with Gasteiger partial charge in [0.2, 0.25) is 5.91 Å². The summed E-state index contributed by atoms with van der Waals surface area (Å²) in [5.41, 5.74) is 6.43. The molecule has 15 heavy (non-hydrogen) atoms. The van der Waals surface area contributed by atoms with E-state index in [0.29, 0.717) is 13.1 Å². The number of carbonyl (C=O) groups excluding carboxylic acids is 1. The van der Waals surface area contributed by atoms with E-state index in [1.165, 1.54) is 0 Å². The molecule has 0 spiro atoms. The Bertz CT molecular complexity index is 294. The first-order valence-corrected chi connectivity index (χ1v) is 5.10. The van der Waals surface area contributed by atoms with E-state index in [1.54, 1.807) is 12.5 Å². The lowest BCUT2D eigenvalue weighted by molar-refractivity contribution is -0.126. The number of H-pyrrole nitrogens is 1. The van der Waals surface area contributed by atoms with Crippen LogP contribution < -0.4 is 11.1 Å². The molecule has 5 nitrogen and oxygen atoms in total. The number of nitrogens with two attached hydrogens (primary N) is 1. The first-order chi connectivity index (χ1) is 7.15. The highest BCUT2D eigenvalue weighted by Crippen LogP contribution is 2.09. The van der Waals surface area contributed by atoms with Crippen molar-refractivity contribution < 1.29 is 4.79 Å². The second kappa shape index (κ2) is 5.50. The zero-order valence-corrected chi connectivity index (χ0v) is 9.16. The molecule has 0 aromatic carbocycles. The fourth-order valence-electron chi connectivity index (χ4n) is 1.38. The van der Waals surface area contributed by atoms with Crippen LogP contribution in [0.15, 0.2) is 12.5 Å². The summed E-state index contributed by atoms with van der Waals surface area (Å²) in [6.45, 7) is 4.84. The molecule has 0 saturated heterocycles. The van der Waals surface area contributed by atoms with Crippen LogP contribution in [-0.2, 0) is 11.3 Å². The Morgan fingerprint density at radius 2 is 2.40 bits per heavy atom. The van der Waals surface area contributed by atoms with E-state index in [2.05, 4.69) is 15.3 Å². The van der Waals surface area contributed by atoms with Crippen molar-refractivity contribution in [3.8, 4) is 0 Å². The van der Waals surface area contributed by atoms with Crippen LogP contribution in [-0.4, -0.2) is 22.4 Å². The number of nitrogens with one attached hydrogen (secondary N) is 2. The first-order valence-electron chi connectivity index (χ1n) is 5.10. The van der Waals surface area contributed by atoms with Crippen molar-refractivity contribution in [1.29, 1.82) is 0 Å². The predicted molar refractivity (Wildman–Crippen MR) is 57.8 cm³/mol. The summed E-state index contributed by atoms with van der Waals surface area (Å²) < 4.78 is 0. The second-order valence-corrected chi connectivity index (χ2v) is 3.88. The van der Waals surface area contributed by atoms with E-state index in [4.69, 9.17) is 5.73 Å². The zero-order chi connectivity index (χ0) is 11.3. The van der Waals surface area contributed by atoms with Crippen LogP contribution in [0.5, 0.6) is 0 Å². The van der Waals surface area contributed by atoms with Gasteiger partial charge < -0.3 is 16.0 Å². The molecule has 0 saturated carbocycles. The van der Waals surface area contributed by atoms with E-state index in [1.807, 2.05) is 13.8 Å². The normalized spacial score (nSPS) is 12.8. The van der Waals surface area contributed by atoms with E-state index < -0.39 is 0 Å². The quantitative estimate of drug-likeness (QED) is 0.651. The number of hydrogen-bond acceptors (Lipinski definition) is 3. The minimum Gasteiger partial charge on any atom is -0.350 e. The third-order valence-corrected chi connectivity index (χ3v) is 2.40. The third kappa shape index (κ3) is 3.36. The summed E-state index contributed by atoms with van der Waals surface area (Å²) in [5.74, 6) is 0.145. The number of aromatic amines is 1. The van der Waals surface area contributed by atoms with Gasteiger partial charge >= 0.3 is 0 Å². The smallest absolute Gasteiger partial charge is 0.224 e. The molecule has 1 rings (SSSR count). The largest absolute Gasteiger partial charge is 0.350 e. The van der Waals surface area contributed by atoms with Gasteiger partial charge in [-0.2, -0.15) is 0 Å². The summed E-state index contributed by atoms with van der Waals surface area (Å²) in [4.78, 5) is 18.5. The monoisotopic (exact) mass is 210 g/mol. The maximum atomic E-state index is 11.7. The Hall–Kier alpha value is -1.36. The number of rotatable bonds is 5. The Morgan fingerprint density at radius 1 is 1.67 bits per heavy atom. The summed E-state index contributed by atoms with van der Waals surface area (Å²) in [5, 5.41) is 2.83. The van der Waals surface area contributed by atoms with E-state index >= 15 is 0 Å². The summed E-state index contributed by atoms with van der Waals surface area (Å²) in [7, 11) is 0. The molecule has 84 valence electrons. The number of aromatic nitrogens is 2. The molecule has 4 N–H and O–H groups in total. The summed E-state index contributed by atoms with van der Waals surface area (Å²) in [6.07, 6.45) is 3.28. The molecule has 0 radical (unpaired) electrons. The molecule has 0 bridgehead atoms. The van der Waals surface area contributed by atoms with Gasteiger partial charge in [-0.1, -0.05) is 13.8 Å². The van der Waals surface area contributed by atoms with Crippen LogP contribution in [0, 0.1) is 11.8 Å². The van der Waals surface area contributed by atoms with E-state index in [0.717, 1.165) is 5.69 Å². The van der Waals surface area contributed by atoms with Crippen LogP contribution in [0.25, 0.3) is 0 Å². The second-order valence-electron chi connectivity index (χ2n) is 3.88. The molecule has 0 aliphatic carbocycles. The highest BCUT2D eigenvalue weighted by Gasteiger charge is 2.19. The van der Waals surface area contributed by atoms with Crippen LogP contribution >= 0.6 is 0 Å². The van der Waals surface area contributed by atoms with Gasteiger partial charge in [-0.05, 0) is 5.92 Å². The zero-order valence-electron chi connectivity index (χ0n) is 9.16. The van der Waals surface area contributed by atoms with Crippen molar-refractivity contribution in [3.63, 3.8) is 0 Å². The van der Waals surface area contributed by atoms with Gasteiger partial charge in [0, 0.05) is 12.7 Å². The van der Waals surface area contributed by atoms with Gasteiger partial charge in [0.1, 0.15) is 0 Å². The maximum Gasteiger partial charge on any atom is 0.224 e. The minimum absolute atomic E-state index is 0.00194. The number of amides is 1. The van der Waals surface area contributed by atoms with Gasteiger partial charge in [-0.25, -0.2) is 4.98 Å². The predicted octanol–water partition coefficient (Wildman–Crippen LogP) is 0.257. The lowest BCUT2D eigenvalue weighted by Gasteiger charge is -2.17. The van der Waals surface area contributed by atoms with E-state index in [9.17, 15) is 4.79 Å². The van der Waals surface area contributed by atoms with Gasteiger partial charge in [0.15, 0.2) is 0 Å². The van der Waals surface area contributed by atoms with Crippen molar-refractivity contribution in [2.75, 3.05) is 6.54 Å². The molecule has 1 unspecified atom stereocenters.